The molecular weight excluding hydrogens is 521 g/mol. The maximum absolute atomic E-state index is 2.30. The van der Waals surface area contributed by atoms with E-state index >= 15 is 0 Å². The minimum absolute atomic E-state index is 1.20. The highest BCUT2D eigenvalue weighted by atomic mass is 32.1. The first kappa shape index (κ1) is 26.0. The summed E-state index contributed by atoms with van der Waals surface area (Å²) in [5.41, 5.74) is 9.85. The van der Waals surface area contributed by atoms with Crippen LogP contribution in [0.2, 0.25) is 0 Å². The Balaban J connectivity index is 1.28. The van der Waals surface area contributed by atoms with E-state index in [2.05, 4.69) is 159 Å². The lowest BCUT2D eigenvalue weighted by Crippen LogP contribution is -1.86. The van der Waals surface area contributed by atoms with Gasteiger partial charge in [-0.25, -0.2) is 0 Å². The fourth-order valence-corrected chi connectivity index (χ4v) is 6.68. The summed E-state index contributed by atoms with van der Waals surface area (Å²) in [5.74, 6) is 0. The molecule has 0 aliphatic heterocycles. The van der Waals surface area contributed by atoms with Crippen LogP contribution in [0.3, 0.4) is 0 Å². The zero-order valence-corrected chi connectivity index (χ0v) is 24.3. The van der Waals surface area contributed by atoms with Crippen molar-refractivity contribution in [2.45, 2.75) is 13.8 Å². The van der Waals surface area contributed by atoms with E-state index in [-0.39, 0.29) is 0 Å². The molecule has 0 aliphatic carbocycles. The van der Waals surface area contributed by atoms with E-state index in [1.807, 2.05) is 22.7 Å². The second-order valence-corrected chi connectivity index (χ2v) is 12.5. The number of thiophene rings is 2. The minimum atomic E-state index is 1.20. The van der Waals surface area contributed by atoms with Gasteiger partial charge in [-0.05, 0) is 94.8 Å². The van der Waals surface area contributed by atoms with Gasteiger partial charge in [-0.2, -0.15) is 0 Å². The van der Waals surface area contributed by atoms with Crippen LogP contribution < -0.4 is 0 Å². The maximum atomic E-state index is 2.30. The first-order chi connectivity index (χ1) is 19.6. The van der Waals surface area contributed by atoms with E-state index in [0.29, 0.717) is 0 Å². The van der Waals surface area contributed by atoms with Gasteiger partial charge < -0.3 is 0 Å². The van der Waals surface area contributed by atoms with Crippen LogP contribution in [0, 0.1) is 13.8 Å². The zero-order valence-electron chi connectivity index (χ0n) is 22.7. The van der Waals surface area contributed by atoms with E-state index in [4.69, 9.17) is 0 Å². The van der Waals surface area contributed by atoms with Gasteiger partial charge in [0.2, 0.25) is 0 Å². The molecular formula is C38H30S2. The van der Waals surface area contributed by atoms with Crippen LogP contribution in [-0.4, -0.2) is 0 Å². The van der Waals surface area contributed by atoms with Crippen molar-refractivity contribution in [2.75, 3.05) is 0 Å². The lowest BCUT2D eigenvalue weighted by Gasteiger charge is -2.09. The zero-order chi connectivity index (χ0) is 27.3. The van der Waals surface area contributed by atoms with Crippen LogP contribution in [0.15, 0.2) is 133 Å². The van der Waals surface area contributed by atoms with Crippen molar-refractivity contribution in [1.29, 1.82) is 0 Å². The number of benzene rings is 4. The Kier molecular flexibility index (Phi) is 7.72. The van der Waals surface area contributed by atoms with Gasteiger partial charge in [-0.1, -0.05) is 109 Å². The summed E-state index contributed by atoms with van der Waals surface area (Å²) in [6.07, 6.45) is 4.60. The molecule has 0 radical (unpaired) electrons. The third kappa shape index (κ3) is 5.99. The molecule has 0 unspecified atom stereocenters. The van der Waals surface area contributed by atoms with Crippen molar-refractivity contribution in [3.8, 4) is 11.1 Å². The highest BCUT2D eigenvalue weighted by Gasteiger charge is 2.09. The molecule has 0 saturated carbocycles. The van der Waals surface area contributed by atoms with Gasteiger partial charge in [0, 0.05) is 19.5 Å². The quantitative estimate of drug-likeness (QED) is 0.173. The molecule has 6 rings (SSSR count). The van der Waals surface area contributed by atoms with Crippen LogP contribution >= 0.6 is 22.7 Å². The van der Waals surface area contributed by atoms with Gasteiger partial charge in [0.25, 0.3) is 0 Å². The topological polar surface area (TPSA) is 0 Å². The number of rotatable bonds is 7. The van der Waals surface area contributed by atoms with Crippen molar-refractivity contribution in [2.24, 2.45) is 0 Å². The van der Waals surface area contributed by atoms with E-state index in [1.165, 1.54) is 64.0 Å². The first-order valence-corrected chi connectivity index (χ1v) is 15.1. The summed E-state index contributed by atoms with van der Waals surface area (Å²) < 4.78 is 0. The van der Waals surface area contributed by atoms with Crippen LogP contribution in [0.4, 0.5) is 0 Å². The Labute approximate surface area is 245 Å². The Bertz CT molecular complexity index is 1630. The van der Waals surface area contributed by atoms with Crippen molar-refractivity contribution in [3.05, 3.63) is 175 Å². The van der Waals surface area contributed by atoms with Crippen LogP contribution in [0.5, 0.6) is 0 Å². The number of aryl methyl sites for hydroxylation is 2. The molecule has 0 nitrogen and oxygen atoms in total. The smallest absolute Gasteiger partial charge is 0.0351 e. The number of hydrogen-bond acceptors (Lipinski definition) is 2. The molecule has 194 valence electrons. The van der Waals surface area contributed by atoms with Gasteiger partial charge in [0.15, 0.2) is 0 Å². The molecule has 2 heteroatoms. The van der Waals surface area contributed by atoms with E-state index < -0.39 is 0 Å². The molecule has 2 heterocycles. The summed E-state index contributed by atoms with van der Waals surface area (Å²) in [4.78, 5) is 5.24. The fourth-order valence-electron chi connectivity index (χ4n) is 4.86. The Morgan fingerprint density at radius 2 is 0.800 bits per heavy atom. The van der Waals surface area contributed by atoms with Crippen molar-refractivity contribution in [3.63, 3.8) is 0 Å². The summed E-state index contributed by atoms with van der Waals surface area (Å²) in [7, 11) is 0. The summed E-state index contributed by atoms with van der Waals surface area (Å²) in [6.45, 7) is 4.33. The highest BCUT2D eigenvalue weighted by Crippen LogP contribution is 2.33. The average molecular weight is 551 g/mol. The van der Waals surface area contributed by atoms with Gasteiger partial charge in [-0.3, -0.25) is 0 Å². The largest absolute Gasteiger partial charge is 0.141 e. The molecule has 0 bridgehead atoms. The van der Waals surface area contributed by atoms with E-state index in [1.54, 1.807) is 0 Å². The second kappa shape index (κ2) is 11.9. The molecule has 0 N–H and O–H groups in total. The van der Waals surface area contributed by atoms with Gasteiger partial charge in [0.1, 0.15) is 0 Å². The average Bonchev–Trinajstić information content (AvgIpc) is 3.64. The van der Waals surface area contributed by atoms with Crippen molar-refractivity contribution < 1.29 is 0 Å². The predicted octanol–water partition coefficient (Wildman–Crippen LogP) is 11.3. The molecule has 0 aliphatic rings. The van der Waals surface area contributed by atoms with Crippen molar-refractivity contribution in [1.82, 2.24) is 0 Å². The second-order valence-electron chi connectivity index (χ2n) is 9.91. The van der Waals surface area contributed by atoms with Crippen molar-refractivity contribution >= 4 is 46.0 Å². The third-order valence-corrected chi connectivity index (χ3v) is 9.03. The van der Waals surface area contributed by atoms with E-state index in [9.17, 15) is 0 Å². The standard InChI is InChI=1S/C38H30S2/c1-27-13-23-37(39-27)35(33-9-5-3-6-10-33)25-29-15-19-31(20-16-29)32-21-17-30(18-22-32)26-36(34-11-7-4-8-12-34)38-24-14-28(2)40-38/h3-26H,1-2H3/b35-25+,36-26+. The normalized spacial score (nSPS) is 12.1. The fraction of sp³-hybridized carbons (Fsp3) is 0.0526. The minimum Gasteiger partial charge on any atom is -0.141 e. The van der Waals surface area contributed by atoms with Gasteiger partial charge in [0.05, 0.1) is 0 Å². The summed E-state index contributed by atoms with van der Waals surface area (Å²) in [5, 5.41) is 0. The molecule has 0 saturated heterocycles. The first-order valence-electron chi connectivity index (χ1n) is 13.5. The molecule has 6 aromatic rings. The Morgan fingerprint density at radius 1 is 0.425 bits per heavy atom. The van der Waals surface area contributed by atoms with Gasteiger partial charge in [-0.15, -0.1) is 22.7 Å². The number of hydrogen-bond donors (Lipinski definition) is 0. The molecule has 0 amide bonds. The monoisotopic (exact) mass is 550 g/mol. The molecule has 2 aromatic heterocycles. The molecule has 0 atom stereocenters. The van der Waals surface area contributed by atoms with E-state index in [0.717, 1.165) is 0 Å². The molecule has 4 aromatic carbocycles. The summed E-state index contributed by atoms with van der Waals surface area (Å²) >= 11 is 3.68. The lowest BCUT2D eigenvalue weighted by molar-refractivity contribution is 1.57. The van der Waals surface area contributed by atoms with Crippen LogP contribution in [0.25, 0.3) is 34.4 Å². The highest BCUT2D eigenvalue weighted by molar-refractivity contribution is 7.13. The summed E-state index contributed by atoms with van der Waals surface area (Å²) in [6, 6.07) is 48.0. The lowest BCUT2D eigenvalue weighted by atomic mass is 9.98. The third-order valence-electron chi connectivity index (χ3n) is 6.96. The van der Waals surface area contributed by atoms with Crippen LogP contribution in [0.1, 0.15) is 41.8 Å². The predicted molar refractivity (Wildman–Crippen MR) is 177 cm³/mol. The molecule has 40 heavy (non-hydrogen) atoms. The SMILES string of the molecule is Cc1ccc(/C(=C/c2ccc(-c3ccc(/C=C(\c4ccccc4)c4ccc(C)s4)cc3)cc2)c2ccccc2)s1. The molecule has 0 fully saturated rings. The maximum Gasteiger partial charge on any atom is 0.0351 e. The van der Waals surface area contributed by atoms with Crippen LogP contribution in [-0.2, 0) is 0 Å². The Hall–Kier alpha value is -4.24. The van der Waals surface area contributed by atoms with Gasteiger partial charge >= 0.3 is 0 Å². The molecule has 0 spiro atoms. The Morgan fingerprint density at radius 3 is 1.12 bits per heavy atom.